The molecule has 0 saturated heterocycles. The van der Waals surface area contributed by atoms with Crippen LogP contribution in [0.3, 0.4) is 0 Å². The lowest BCUT2D eigenvalue weighted by molar-refractivity contribution is -0.384. The Morgan fingerprint density at radius 2 is 2.08 bits per heavy atom. The van der Waals surface area contributed by atoms with Crippen LogP contribution < -0.4 is 5.73 Å². The molecule has 0 aliphatic carbocycles. The minimum atomic E-state index is -0.668. The van der Waals surface area contributed by atoms with E-state index in [0.29, 0.717) is 0 Å². The van der Waals surface area contributed by atoms with Gasteiger partial charge in [0, 0.05) is 17.7 Å². The van der Waals surface area contributed by atoms with E-state index in [4.69, 9.17) is 5.73 Å². The third-order valence-corrected chi connectivity index (χ3v) is 1.34. The molecule has 0 radical (unpaired) electrons. The second-order valence-electron chi connectivity index (χ2n) is 2.17. The number of nitrogens with zero attached hydrogens (tertiary/aromatic N) is 1. The van der Waals surface area contributed by atoms with Crippen molar-refractivity contribution in [3.05, 3.63) is 39.9 Å². The lowest BCUT2D eigenvalue weighted by Gasteiger charge is -1.93. The number of rotatable bonds is 2. The first kappa shape index (κ1) is 11.8. The first-order valence-corrected chi connectivity index (χ1v) is 3.15. The van der Waals surface area contributed by atoms with Crippen molar-refractivity contribution >= 4 is 35.6 Å². The summed E-state index contributed by atoms with van der Waals surface area (Å²) in [5.41, 5.74) is 4.93. The molecular weight excluding hydrogens is 287 g/mol. The van der Waals surface area contributed by atoms with Gasteiger partial charge in [0.15, 0.2) is 0 Å². The molecule has 0 aromatic heterocycles. The molecule has 0 aliphatic heterocycles. The number of nitro groups is 1. The molecule has 2 N–H and O–H groups in total. The van der Waals surface area contributed by atoms with Crippen LogP contribution in [0.4, 0.5) is 5.69 Å². The van der Waals surface area contributed by atoms with Crippen LogP contribution in [0.5, 0.6) is 0 Å². The highest BCUT2D eigenvalue weighted by atomic mass is 127. The van der Waals surface area contributed by atoms with E-state index in [1.807, 2.05) is 0 Å². The molecule has 13 heavy (non-hydrogen) atoms. The Labute approximate surface area is 91.1 Å². The number of carbonyl (C=O) groups is 1. The fraction of sp³-hybridized carbons (Fsp3) is 0. The lowest BCUT2D eigenvalue weighted by Crippen LogP contribution is -2.10. The predicted octanol–water partition coefficient (Wildman–Crippen LogP) is 1.31. The zero-order valence-corrected chi connectivity index (χ0v) is 8.80. The Kier molecular flexibility index (Phi) is 4.32. The van der Waals surface area contributed by atoms with Crippen LogP contribution in [-0.4, -0.2) is 10.8 Å². The molecule has 0 unspecified atom stereocenters. The van der Waals surface area contributed by atoms with Crippen molar-refractivity contribution in [2.75, 3.05) is 0 Å². The first-order chi connectivity index (χ1) is 5.61. The molecule has 1 aromatic rings. The smallest absolute Gasteiger partial charge is 0.270 e. The van der Waals surface area contributed by atoms with Gasteiger partial charge < -0.3 is 5.73 Å². The number of nitrogens with two attached hydrogens (primary N) is 1. The van der Waals surface area contributed by atoms with E-state index in [-0.39, 0.29) is 35.2 Å². The average Bonchev–Trinajstić information content (AvgIpc) is 2.04. The molecule has 0 atom stereocenters. The number of hydrogen-bond donors (Lipinski definition) is 1. The van der Waals surface area contributed by atoms with Gasteiger partial charge in [-0.05, 0) is 6.07 Å². The maximum atomic E-state index is 10.6. The van der Waals surface area contributed by atoms with Crippen molar-refractivity contribution in [2.45, 2.75) is 0 Å². The average molecular weight is 294 g/mol. The molecule has 0 aliphatic rings. The topological polar surface area (TPSA) is 86.2 Å². The largest absolute Gasteiger partial charge is 0.366 e. The van der Waals surface area contributed by atoms with Gasteiger partial charge in [0.2, 0.25) is 5.91 Å². The number of carbonyl (C=O) groups excluding carboxylic acids is 1. The van der Waals surface area contributed by atoms with E-state index in [2.05, 4.69) is 0 Å². The summed E-state index contributed by atoms with van der Waals surface area (Å²) in [7, 11) is 0. The van der Waals surface area contributed by atoms with Crippen molar-refractivity contribution in [1.82, 2.24) is 0 Å². The highest BCUT2D eigenvalue weighted by Gasteiger charge is 2.07. The van der Waals surface area contributed by atoms with Crippen molar-refractivity contribution in [3.8, 4) is 0 Å². The lowest BCUT2D eigenvalue weighted by atomic mass is 10.2. The van der Waals surface area contributed by atoms with Crippen LogP contribution in [0.25, 0.3) is 0 Å². The molecule has 6 heteroatoms. The Balaban J connectivity index is 0.00000144. The van der Waals surface area contributed by atoms with Crippen molar-refractivity contribution < 1.29 is 9.72 Å². The second-order valence-corrected chi connectivity index (χ2v) is 2.17. The van der Waals surface area contributed by atoms with Gasteiger partial charge in [-0.1, -0.05) is 6.07 Å². The monoisotopic (exact) mass is 294 g/mol. The van der Waals surface area contributed by atoms with Crippen molar-refractivity contribution in [3.63, 3.8) is 0 Å². The Morgan fingerprint density at radius 1 is 1.46 bits per heavy atom. The summed E-state index contributed by atoms with van der Waals surface area (Å²) >= 11 is 0. The first-order valence-electron chi connectivity index (χ1n) is 3.15. The minimum Gasteiger partial charge on any atom is -0.366 e. The number of benzene rings is 1. The maximum Gasteiger partial charge on any atom is 0.270 e. The van der Waals surface area contributed by atoms with Gasteiger partial charge >= 0.3 is 0 Å². The number of amides is 1. The number of non-ortho nitro benzene ring substituents is 1. The van der Waals surface area contributed by atoms with Gasteiger partial charge in [-0.3, -0.25) is 14.9 Å². The Hall–Kier alpha value is -1.18. The molecule has 0 bridgehead atoms. The molecule has 1 amide bonds. The molecule has 70 valence electrons. The molecule has 1 rings (SSSR count). The fourth-order valence-corrected chi connectivity index (χ4v) is 0.773. The van der Waals surface area contributed by atoms with Gasteiger partial charge in [0.25, 0.3) is 5.69 Å². The number of halogens is 1. The molecule has 5 nitrogen and oxygen atoms in total. The summed E-state index contributed by atoms with van der Waals surface area (Å²) < 4.78 is 0. The van der Waals surface area contributed by atoms with Crippen LogP contribution in [0.1, 0.15) is 10.4 Å². The zero-order valence-electron chi connectivity index (χ0n) is 6.47. The summed E-state index contributed by atoms with van der Waals surface area (Å²) in [6.45, 7) is 0. The van der Waals surface area contributed by atoms with E-state index in [1.165, 1.54) is 18.2 Å². The molecule has 0 spiro atoms. The SMILES string of the molecule is I.NC(=O)c1cccc([N+](=O)[O-])c1. The minimum absolute atomic E-state index is 0. The molecule has 0 fully saturated rings. The van der Waals surface area contributed by atoms with E-state index in [1.54, 1.807) is 0 Å². The van der Waals surface area contributed by atoms with E-state index >= 15 is 0 Å². The maximum absolute atomic E-state index is 10.6. The second kappa shape index (κ2) is 4.75. The third-order valence-electron chi connectivity index (χ3n) is 1.34. The van der Waals surface area contributed by atoms with E-state index in [0.717, 1.165) is 6.07 Å². The number of primary amides is 1. The van der Waals surface area contributed by atoms with Gasteiger partial charge in [-0.2, -0.15) is 0 Å². The molecule has 0 saturated carbocycles. The predicted molar refractivity (Wildman–Crippen MR) is 57.0 cm³/mol. The van der Waals surface area contributed by atoms with Crippen molar-refractivity contribution in [2.24, 2.45) is 5.73 Å². The summed E-state index contributed by atoms with van der Waals surface area (Å²) in [5.74, 6) is -0.668. The van der Waals surface area contributed by atoms with Crippen LogP contribution in [0.15, 0.2) is 24.3 Å². The highest BCUT2D eigenvalue weighted by Crippen LogP contribution is 2.11. The van der Waals surface area contributed by atoms with Gasteiger partial charge in [-0.15, -0.1) is 24.0 Å². The standard InChI is InChI=1S/C7H6N2O3.HI/c8-7(10)5-2-1-3-6(4-5)9(11)12;/h1-4H,(H2,8,10);1H. The third kappa shape index (κ3) is 2.98. The quantitative estimate of drug-likeness (QED) is 0.507. The molecule has 1 aromatic carbocycles. The van der Waals surface area contributed by atoms with Gasteiger partial charge in [0.1, 0.15) is 0 Å². The van der Waals surface area contributed by atoms with E-state index in [9.17, 15) is 14.9 Å². The Bertz CT molecular complexity index is 311. The zero-order chi connectivity index (χ0) is 9.14. The summed E-state index contributed by atoms with van der Waals surface area (Å²) in [6, 6.07) is 5.28. The van der Waals surface area contributed by atoms with Gasteiger partial charge in [-0.25, -0.2) is 0 Å². The fourth-order valence-electron chi connectivity index (χ4n) is 0.773. The molecule has 0 heterocycles. The van der Waals surface area contributed by atoms with Crippen LogP contribution >= 0.6 is 24.0 Å². The summed E-state index contributed by atoms with van der Waals surface area (Å²) in [5, 5.41) is 10.2. The molecular formula is C7H7IN2O3. The normalized spacial score (nSPS) is 8.62. The number of nitro benzene ring substituents is 1. The summed E-state index contributed by atoms with van der Waals surface area (Å²) in [4.78, 5) is 20.2. The van der Waals surface area contributed by atoms with Crippen molar-refractivity contribution in [1.29, 1.82) is 0 Å². The van der Waals surface area contributed by atoms with E-state index < -0.39 is 10.8 Å². The Morgan fingerprint density at radius 3 is 2.54 bits per heavy atom. The number of hydrogen-bond acceptors (Lipinski definition) is 3. The van der Waals surface area contributed by atoms with Gasteiger partial charge in [0.05, 0.1) is 4.92 Å². The van der Waals surface area contributed by atoms with Crippen LogP contribution in [0, 0.1) is 10.1 Å². The summed E-state index contributed by atoms with van der Waals surface area (Å²) in [6.07, 6.45) is 0. The van der Waals surface area contributed by atoms with Crippen LogP contribution in [-0.2, 0) is 0 Å². The highest BCUT2D eigenvalue weighted by molar-refractivity contribution is 14.0. The van der Waals surface area contributed by atoms with Crippen LogP contribution in [0.2, 0.25) is 0 Å².